The molecule has 0 radical (unpaired) electrons. The molecule has 1 saturated heterocycles. The van der Waals surface area contributed by atoms with Gasteiger partial charge in [0.2, 0.25) is 11.8 Å². The average molecular weight is 268 g/mol. The molecule has 0 saturated carbocycles. The Labute approximate surface area is 110 Å². The number of carbonyl (C=O) groups excluding carboxylic acids is 2. The first-order chi connectivity index (χ1) is 8.52. The van der Waals surface area contributed by atoms with Gasteiger partial charge in [-0.25, -0.2) is 0 Å². The molecular formula is C12H14ClN3O2. The van der Waals surface area contributed by atoms with Crippen molar-refractivity contribution in [3.63, 3.8) is 0 Å². The van der Waals surface area contributed by atoms with E-state index in [1.165, 1.54) is 0 Å². The number of hydrogen-bond acceptors (Lipinski definition) is 4. The molecule has 6 heteroatoms. The molecule has 1 aromatic rings. The molecule has 0 spiro atoms. The van der Waals surface area contributed by atoms with Crippen molar-refractivity contribution in [2.24, 2.45) is 0 Å². The molecule has 2 amide bonds. The van der Waals surface area contributed by atoms with Crippen molar-refractivity contribution in [2.75, 3.05) is 17.2 Å². The van der Waals surface area contributed by atoms with Gasteiger partial charge < -0.3 is 10.6 Å². The quantitative estimate of drug-likeness (QED) is 0.623. The van der Waals surface area contributed by atoms with E-state index in [1.807, 2.05) is 6.92 Å². The zero-order chi connectivity index (χ0) is 13.3. The Morgan fingerprint density at radius 2 is 2.22 bits per heavy atom. The number of anilines is 2. The normalized spacial score (nSPS) is 19.9. The number of nitrogens with two attached hydrogens (primary N) is 1. The number of benzene rings is 1. The molecular weight excluding hydrogens is 254 g/mol. The van der Waals surface area contributed by atoms with Gasteiger partial charge in [-0.1, -0.05) is 18.5 Å². The molecule has 5 nitrogen and oxygen atoms in total. The summed E-state index contributed by atoms with van der Waals surface area (Å²) in [4.78, 5) is 24.9. The molecule has 0 bridgehead atoms. The highest BCUT2D eigenvalue weighted by Crippen LogP contribution is 2.30. The SMILES string of the molecule is CCC1C(=O)NC(=O)CN1c1ccc(N)cc1Cl. The van der Waals surface area contributed by atoms with Gasteiger partial charge in [0, 0.05) is 5.69 Å². The number of halogens is 1. The molecule has 0 aliphatic carbocycles. The van der Waals surface area contributed by atoms with Crippen molar-refractivity contribution in [2.45, 2.75) is 19.4 Å². The maximum absolute atomic E-state index is 11.8. The highest BCUT2D eigenvalue weighted by molar-refractivity contribution is 6.33. The lowest BCUT2D eigenvalue weighted by atomic mass is 10.1. The lowest BCUT2D eigenvalue weighted by molar-refractivity contribution is -0.132. The standard InChI is InChI=1S/C12H14ClN3O2/c1-2-9-12(18)15-11(17)6-16(9)10-4-3-7(14)5-8(10)13/h3-5,9H,2,6,14H2,1H3,(H,15,17,18). The summed E-state index contributed by atoms with van der Waals surface area (Å²) in [6.45, 7) is 2.01. The average Bonchev–Trinajstić information content (AvgIpc) is 2.28. The molecule has 1 aliphatic rings. The van der Waals surface area contributed by atoms with Crippen LogP contribution < -0.4 is 16.0 Å². The zero-order valence-corrected chi connectivity index (χ0v) is 10.7. The number of amides is 2. The highest BCUT2D eigenvalue weighted by atomic mass is 35.5. The third-order valence-corrected chi connectivity index (χ3v) is 3.23. The second kappa shape index (κ2) is 4.86. The second-order valence-corrected chi connectivity index (χ2v) is 4.58. The lowest BCUT2D eigenvalue weighted by Crippen LogP contribution is -2.58. The molecule has 0 aromatic heterocycles. The van der Waals surface area contributed by atoms with Gasteiger partial charge in [-0.2, -0.15) is 0 Å². The minimum atomic E-state index is -0.385. The minimum Gasteiger partial charge on any atom is -0.399 e. The first-order valence-electron chi connectivity index (χ1n) is 5.68. The Balaban J connectivity index is 2.39. The van der Waals surface area contributed by atoms with Crippen LogP contribution >= 0.6 is 11.6 Å². The van der Waals surface area contributed by atoms with Crippen molar-refractivity contribution >= 4 is 34.8 Å². The monoisotopic (exact) mass is 267 g/mol. The smallest absolute Gasteiger partial charge is 0.249 e. The minimum absolute atomic E-state index is 0.119. The molecule has 1 unspecified atom stereocenters. The van der Waals surface area contributed by atoms with Crippen LogP contribution in [0.4, 0.5) is 11.4 Å². The Morgan fingerprint density at radius 1 is 1.50 bits per heavy atom. The van der Waals surface area contributed by atoms with Gasteiger partial charge in [-0.3, -0.25) is 14.9 Å². The topological polar surface area (TPSA) is 75.4 Å². The van der Waals surface area contributed by atoms with E-state index in [0.29, 0.717) is 22.8 Å². The van der Waals surface area contributed by atoms with E-state index >= 15 is 0 Å². The molecule has 1 aliphatic heterocycles. The summed E-state index contributed by atoms with van der Waals surface area (Å²) in [6.07, 6.45) is 0.597. The predicted octanol–water partition coefficient (Wildman–Crippen LogP) is 1.16. The maximum Gasteiger partial charge on any atom is 0.249 e. The first kappa shape index (κ1) is 12.7. The van der Waals surface area contributed by atoms with Gasteiger partial charge in [0.1, 0.15) is 6.04 Å². The van der Waals surface area contributed by atoms with Gasteiger partial charge in [-0.05, 0) is 24.6 Å². The summed E-state index contributed by atoms with van der Waals surface area (Å²) in [5.74, 6) is -0.612. The van der Waals surface area contributed by atoms with E-state index in [1.54, 1.807) is 23.1 Å². The number of hydrogen-bond donors (Lipinski definition) is 2. The number of nitrogen functional groups attached to an aromatic ring is 1. The summed E-state index contributed by atoms with van der Waals surface area (Å²) in [7, 11) is 0. The van der Waals surface area contributed by atoms with Crippen LogP contribution in [0.3, 0.4) is 0 Å². The summed E-state index contributed by atoms with van der Waals surface area (Å²) >= 11 is 6.12. The van der Waals surface area contributed by atoms with Gasteiger partial charge in [-0.15, -0.1) is 0 Å². The third kappa shape index (κ3) is 2.26. The second-order valence-electron chi connectivity index (χ2n) is 4.18. The number of nitrogens with zero attached hydrogens (tertiary/aromatic N) is 1. The van der Waals surface area contributed by atoms with Crippen LogP contribution in [-0.4, -0.2) is 24.4 Å². The van der Waals surface area contributed by atoms with Gasteiger partial charge in [0.25, 0.3) is 0 Å². The van der Waals surface area contributed by atoms with Crippen LogP contribution in [0.1, 0.15) is 13.3 Å². The molecule has 1 fully saturated rings. The highest BCUT2D eigenvalue weighted by Gasteiger charge is 2.33. The number of rotatable bonds is 2. The summed E-state index contributed by atoms with van der Waals surface area (Å²) in [5.41, 5.74) is 6.83. The van der Waals surface area contributed by atoms with Crippen molar-refractivity contribution in [3.05, 3.63) is 23.2 Å². The predicted molar refractivity (Wildman–Crippen MR) is 70.4 cm³/mol. The molecule has 1 aromatic carbocycles. The van der Waals surface area contributed by atoms with Gasteiger partial charge >= 0.3 is 0 Å². The molecule has 96 valence electrons. The molecule has 3 N–H and O–H groups in total. The Kier molecular flexibility index (Phi) is 3.43. The van der Waals surface area contributed by atoms with Crippen molar-refractivity contribution in [3.8, 4) is 0 Å². The van der Waals surface area contributed by atoms with Crippen LogP contribution in [0.2, 0.25) is 5.02 Å². The van der Waals surface area contributed by atoms with E-state index < -0.39 is 0 Å². The number of carbonyl (C=O) groups is 2. The number of nitrogens with one attached hydrogen (secondary N) is 1. The number of piperazine rings is 1. The van der Waals surface area contributed by atoms with E-state index in [9.17, 15) is 9.59 Å². The largest absolute Gasteiger partial charge is 0.399 e. The fourth-order valence-corrected chi connectivity index (χ4v) is 2.38. The molecule has 1 heterocycles. The first-order valence-corrected chi connectivity index (χ1v) is 6.06. The molecule has 2 rings (SSSR count). The van der Waals surface area contributed by atoms with E-state index in [0.717, 1.165) is 0 Å². The lowest BCUT2D eigenvalue weighted by Gasteiger charge is -2.35. The molecule has 1 atom stereocenters. The zero-order valence-electron chi connectivity index (χ0n) is 9.94. The van der Waals surface area contributed by atoms with Crippen molar-refractivity contribution in [1.29, 1.82) is 0 Å². The van der Waals surface area contributed by atoms with Crippen LogP contribution in [0.15, 0.2) is 18.2 Å². The number of imide groups is 1. The maximum atomic E-state index is 11.8. The Morgan fingerprint density at radius 3 is 2.83 bits per heavy atom. The fraction of sp³-hybridized carbons (Fsp3) is 0.333. The van der Waals surface area contributed by atoms with Crippen LogP contribution in [-0.2, 0) is 9.59 Å². The van der Waals surface area contributed by atoms with Crippen LogP contribution in [0.25, 0.3) is 0 Å². The molecule has 18 heavy (non-hydrogen) atoms. The Hall–Kier alpha value is -1.75. The van der Waals surface area contributed by atoms with Crippen LogP contribution in [0.5, 0.6) is 0 Å². The summed E-state index contributed by atoms with van der Waals surface area (Å²) in [6, 6.07) is 4.65. The van der Waals surface area contributed by atoms with Crippen LogP contribution in [0, 0.1) is 0 Å². The Bertz CT molecular complexity index is 504. The summed E-state index contributed by atoms with van der Waals surface area (Å²) < 4.78 is 0. The van der Waals surface area contributed by atoms with Crippen molar-refractivity contribution in [1.82, 2.24) is 5.32 Å². The third-order valence-electron chi connectivity index (χ3n) is 2.92. The fourth-order valence-electron chi connectivity index (χ4n) is 2.08. The summed E-state index contributed by atoms with van der Waals surface area (Å²) in [5, 5.41) is 2.76. The van der Waals surface area contributed by atoms with E-state index in [4.69, 9.17) is 17.3 Å². The van der Waals surface area contributed by atoms with Gasteiger partial charge in [0.15, 0.2) is 0 Å². The van der Waals surface area contributed by atoms with Crippen molar-refractivity contribution < 1.29 is 9.59 Å². The van der Waals surface area contributed by atoms with E-state index in [2.05, 4.69) is 5.32 Å². The van der Waals surface area contributed by atoms with E-state index in [-0.39, 0.29) is 24.4 Å². The van der Waals surface area contributed by atoms with Gasteiger partial charge in [0.05, 0.1) is 17.3 Å².